The molecule has 7 nitrogen and oxygen atoms in total. The van der Waals surface area contributed by atoms with Crippen molar-refractivity contribution in [3.8, 4) is 5.75 Å². The second kappa shape index (κ2) is 6.25. The van der Waals surface area contributed by atoms with Crippen LogP contribution in [-0.2, 0) is 12.8 Å². The minimum Gasteiger partial charge on any atom is -0.502 e. The Labute approximate surface area is 149 Å². The van der Waals surface area contributed by atoms with Crippen LogP contribution < -0.4 is 0 Å². The fraction of sp³-hybridized carbons (Fsp3) is 0.263. The highest BCUT2D eigenvalue weighted by atomic mass is 16.6. The molecule has 3 aromatic rings. The number of phenols is 1. The number of aromatic nitrogens is 1. The molecule has 0 radical (unpaired) electrons. The number of phenolic OH excluding ortho intramolecular Hbond substituents is 1. The molecule has 26 heavy (non-hydrogen) atoms. The Morgan fingerprint density at radius 3 is 2.88 bits per heavy atom. The molecule has 2 aromatic heterocycles. The van der Waals surface area contributed by atoms with Gasteiger partial charge in [0.25, 0.3) is 0 Å². The number of hydrogen-bond donors (Lipinski definition) is 1. The molecule has 1 aliphatic rings. The summed E-state index contributed by atoms with van der Waals surface area (Å²) in [7, 11) is 0. The standard InChI is InChI=1S/C19H17N3O4/c1-11-6-7-17(20-9-11)21-10-13-18-12-4-2-3-5-15(12)26-16(18)8-14(19(13)23)22(24)25/h6-10,23H,2-5H2,1H3. The Kier molecular flexibility index (Phi) is 3.91. The van der Waals surface area contributed by atoms with E-state index in [1.54, 1.807) is 12.3 Å². The zero-order valence-electron chi connectivity index (χ0n) is 14.2. The van der Waals surface area contributed by atoms with E-state index in [9.17, 15) is 15.2 Å². The average molecular weight is 351 g/mol. The number of pyridine rings is 1. The van der Waals surface area contributed by atoms with Crippen LogP contribution in [0, 0.1) is 17.0 Å². The third kappa shape index (κ3) is 2.71. The van der Waals surface area contributed by atoms with Crippen LogP contribution in [0.4, 0.5) is 11.5 Å². The molecule has 0 unspecified atom stereocenters. The van der Waals surface area contributed by atoms with E-state index in [2.05, 4.69) is 9.98 Å². The molecule has 0 saturated carbocycles. The third-order valence-corrected chi connectivity index (χ3v) is 4.65. The number of aliphatic imine (C=N–C) groups is 1. The largest absolute Gasteiger partial charge is 0.502 e. The number of hydrogen-bond acceptors (Lipinski definition) is 6. The Hall–Kier alpha value is -3.22. The summed E-state index contributed by atoms with van der Waals surface area (Å²) in [6.45, 7) is 1.92. The molecular formula is C19H17N3O4. The lowest BCUT2D eigenvalue weighted by Gasteiger charge is -2.10. The molecule has 0 saturated heterocycles. The first kappa shape index (κ1) is 16.3. The number of aryl methyl sites for hydroxylation is 3. The van der Waals surface area contributed by atoms with E-state index < -0.39 is 10.7 Å². The molecule has 2 heterocycles. The number of benzene rings is 1. The number of rotatable bonds is 3. The van der Waals surface area contributed by atoms with Crippen molar-refractivity contribution in [1.29, 1.82) is 0 Å². The van der Waals surface area contributed by atoms with Crippen molar-refractivity contribution >= 4 is 28.7 Å². The van der Waals surface area contributed by atoms with Crippen LogP contribution in [0.5, 0.6) is 5.75 Å². The predicted octanol–water partition coefficient (Wildman–Crippen LogP) is 4.38. The molecule has 0 atom stereocenters. The van der Waals surface area contributed by atoms with E-state index in [0.29, 0.717) is 22.4 Å². The first-order chi connectivity index (χ1) is 12.5. The summed E-state index contributed by atoms with van der Waals surface area (Å²) < 4.78 is 5.85. The van der Waals surface area contributed by atoms with Gasteiger partial charge in [0.1, 0.15) is 11.3 Å². The van der Waals surface area contributed by atoms with E-state index in [1.165, 1.54) is 12.3 Å². The zero-order chi connectivity index (χ0) is 18.3. The van der Waals surface area contributed by atoms with E-state index in [1.807, 2.05) is 13.0 Å². The summed E-state index contributed by atoms with van der Waals surface area (Å²) in [5, 5.41) is 22.5. The van der Waals surface area contributed by atoms with Crippen molar-refractivity contribution in [2.75, 3.05) is 0 Å². The van der Waals surface area contributed by atoms with Gasteiger partial charge >= 0.3 is 5.69 Å². The van der Waals surface area contributed by atoms with Gasteiger partial charge in [0.05, 0.1) is 16.6 Å². The maximum atomic E-state index is 11.3. The fourth-order valence-electron chi connectivity index (χ4n) is 3.36. The van der Waals surface area contributed by atoms with Gasteiger partial charge in [0.2, 0.25) is 5.75 Å². The Morgan fingerprint density at radius 2 is 2.15 bits per heavy atom. The van der Waals surface area contributed by atoms with Crippen LogP contribution in [0.2, 0.25) is 0 Å². The molecule has 0 spiro atoms. The van der Waals surface area contributed by atoms with Gasteiger partial charge in [-0.3, -0.25) is 10.1 Å². The summed E-state index contributed by atoms with van der Waals surface area (Å²) in [4.78, 5) is 19.2. The maximum absolute atomic E-state index is 11.3. The molecule has 0 amide bonds. The summed E-state index contributed by atoms with van der Waals surface area (Å²) in [5.41, 5.74) is 2.35. The molecule has 0 bridgehead atoms. The van der Waals surface area contributed by atoms with E-state index in [0.717, 1.165) is 42.6 Å². The Bertz CT molecular complexity index is 1040. The molecule has 1 aliphatic carbocycles. The average Bonchev–Trinajstić information content (AvgIpc) is 3.00. The molecular weight excluding hydrogens is 334 g/mol. The zero-order valence-corrected chi connectivity index (χ0v) is 14.2. The van der Waals surface area contributed by atoms with Gasteiger partial charge in [-0.15, -0.1) is 0 Å². The minimum atomic E-state index is -0.613. The van der Waals surface area contributed by atoms with Crippen LogP contribution >= 0.6 is 0 Å². The van der Waals surface area contributed by atoms with Crippen LogP contribution in [0.15, 0.2) is 33.8 Å². The van der Waals surface area contributed by atoms with Crippen LogP contribution in [-0.4, -0.2) is 21.2 Å². The number of furan rings is 1. The molecule has 0 aliphatic heterocycles. The van der Waals surface area contributed by atoms with E-state index in [4.69, 9.17) is 4.42 Å². The minimum absolute atomic E-state index is 0.309. The summed E-state index contributed by atoms with van der Waals surface area (Å²) in [6, 6.07) is 4.93. The number of nitro benzene ring substituents is 1. The highest BCUT2D eigenvalue weighted by Gasteiger charge is 2.27. The number of aromatic hydroxyl groups is 1. The molecule has 1 N–H and O–H groups in total. The topological polar surface area (TPSA) is 102 Å². The van der Waals surface area contributed by atoms with Gasteiger partial charge < -0.3 is 9.52 Å². The first-order valence-corrected chi connectivity index (χ1v) is 8.46. The third-order valence-electron chi connectivity index (χ3n) is 4.65. The summed E-state index contributed by atoms with van der Waals surface area (Å²) in [5.74, 6) is 0.911. The fourth-order valence-corrected chi connectivity index (χ4v) is 3.36. The number of nitrogens with zero attached hydrogens (tertiary/aromatic N) is 3. The van der Waals surface area contributed by atoms with Crippen LogP contribution in [0.25, 0.3) is 11.0 Å². The first-order valence-electron chi connectivity index (χ1n) is 8.46. The second-order valence-electron chi connectivity index (χ2n) is 6.45. The lowest BCUT2D eigenvalue weighted by Crippen LogP contribution is -2.00. The molecule has 4 rings (SSSR count). The van der Waals surface area contributed by atoms with Gasteiger partial charge in [0.15, 0.2) is 5.82 Å². The lowest BCUT2D eigenvalue weighted by molar-refractivity contribution is -0.385. The number of nitro groups is 1. The van der Waals surface area contributed by atoms with Gasteiger partial charge in [0, 0.05) is 29.8 Å². The quantitative estimate of drug-likeness (QED) is 0.428. The molecule has 7 heteroatoms. The highest BCUT2D eigenvalue weighted by Crippen LogP contribution is 2.41. The maximum Gasteiger partial charge on any atom is 0.315 e. The monoisotopic (exact) mass is 351 g/mol. The summed E-state index contributed by atoms with van der Waals surface area (Å²) >= 11 is 0. The lowest BCUT2D eigenvalue weighted by atomic mass is 9.93. The van der Waals surface area contributed by atoms with Crippen molar-refractivity contribution in [3.05, 3.63) is 57.0 Å². The van der Waals surface area contributed by atoms with Crippen LogP contribution in [0.1, 0.15) is 35.3 Å². The molecule has 1 aromatic carbocycles. The Balaban J connectivity index is 1.92. The van der Waals surface area contributed by atoms with Crippen molar-refractivity contribution in [2.24, 2.45) is 4.99 Å². The van der Waals surface area contributed by atoms with Crippen molar-refractivity contribution in [3.63, 3.8) is 0 Å². The van der Waals surface area contributed by atoms with Gasteiger partial charge in [-0.05, 0) is 37.8 Å². The SMILES string of the molecule is Cc1ccc(N=Cc2c(O)c([N+](=O)[O-])cc3oc4c(c23)CCCC4)nc1. The van der Waals surface area contributed by atoms with Crippen LogP contribution in [0.3, 0.4) is 0 Å². The molecule has 132 valence electrons. The van der Waals surface area contributed by atoms with Gasteiger partial charge in [-0.25, -0.2) is 9.98 Å². The Morgan fingerprint density at radius 1 is 1.35 bits per heavy atom. The number of fused-ring (bicyclic) bond motifs is 3. The van der Waals surface area contributed by atoms with Gasteiger partial charge in [-0.2, -0.15) is 0 Å². The van der Waals surface area contributed by atoms with Crippen molar-refractivity contribution < 1.29 is 14.4 Å². The highest BCUT2D eigenvalue weighted by molar-refractivity contribution is 6.05. The smallest absolute Gasteiger partial charge is 0.315 e. The van der Waals surface area contributed by atoms with E-state index >= 15 is 0 Å². The summed E-state index contributed by atoms with van der Waals surface area (Å²) in [6.07, 6.45) is 6.80. The predicted molar refractivity (Wildman–Crippen MR) is 97.4 cm³/mol. The van der Waals surface area contributed by atoms with Crippen molar-refractivity contribution in [2.45, 2.75) is 32.6 Å². The van der Waals surface area contributed by atoms with Crippen molar-refractivity contribution in [1.82, 2.24) is 4.98 Å². The van der Waals surface area contributed by atoms with E-state index in [-0.39, 0.29) is 5.69 Å². The normalized spacial score (nSPS) is 14.0. The van der Waals surface area contributed by atoms with Gasteiger partial charge in [-0.1, -0.05) is 6.07 Å². The molecule has 0 fully saturated rings. The second-order valence-corrected chi connectivity index (χ2v) is 6.45.